The number of benzene rings is 1. The molecular weight excluding hydrogens is 374 g/mol. The number of amides is 1. The number of halogens is 1. The second kappa shape index (κ2) is 8.43. The van der Waals surface area contributed by atoms with Crippen molar-refractivity contribution in [3.63, 3.8) is 0 Å². The Bertz CT molecular complexity index is 936. The van der Waals surface area contributed by atoms with Gasteiger partial charge in [0.05, 0.1) is 36.1 Å². The van der Waals surface area contributed by atoms with Crippen LogP contribution in [0.3, 0.4) is 0 Å². The van der Waals surface area contributed by atoms with Crippen LogP contribution in [0.15, 0.2) is 21.3 Å². The lowest BCUT2D eigenvalue weighted by atomic mass is 9.98. The van der Waals surface area contributed by atoms with Crippen LogP contribution >= 0.6 is 11.6 Å². The molecule has 0 bridgehead atoms. The number of aryl methyl sites for hydroxylation is 1. The minimum atomic E-state index is -1.36. The first kappa shape index (κ1) is 20.8. The van der Waals surface area contributed by atoms with E-state index in [1.165, 1.54) is 13.2 Å². The standard InChI is InChI=1S/C19H22ClNO6/c1-5-9(2)17(18(23)24)21-16(22)7-12-10(3)11-6-13(20)15(26-4)8-14(11)27-19(12)25/h6,8-9,17H,5,7H2,1-4H3,(H,21,22)(H,23,24)/p-1/t9-,17+/m1/s1. The molecule has 0 aliphatic heterocycles. The summed E-state index contributed by atoms with van der Waals surface area (Å²) in [6.45, 7) is 5.19. The fourth-order valence-corrected chi connectivity index (χ4v) is 3.05. The van der Waals surface area contributed by atoms with Gasteiger partial charge in [-0.05, 0) is 24.5 Å². The van der Waals surface area contributed by atoms with Gasteiger partial charge >= 0.3 is 5.63 Å². The van der Waals surface area contributed by atoms with E-state index in [0.717, 1.165) is 0 Å². The summed E-state index contributed by atoms with van der Waals surface area (Å²) in [7, 11) is 1.45. The zero-order chi connectivity index (χ0) is 20.3. The number of fused-ring (bicyclic) bond motifs is 1. The van der Waals surface area contributed by atoms with Crippen molar-refractivity contribution in [1.82, 2.24) is 5.32 Å². The van der Waals surface area contributed by atoms with Gasteiger partial charge in [-0.15, -0.1) is 0 Å². The molecule has 0 aliphatic carbocycles. The van der Waals surface area contributed by atoms with E-state index in [1.807, 2.05) is 6.92 Å². The van der Waals surface area contributed by atoms with E-state index >= 15 is 0 Å². The lowest BCUT2D eigenvalue weighted by molar-refractivity contribution is -0.309. The molecule has 0 radical (unpaired) electrons. The van der Waals surface area contributed by atoms with Crippen molar-refractivity contribution >= 4 is 34.4 Å². The molecule has 2 atom stereocenters. The number of carbonyl (C=O) groups is 2. The van der Waals surface area contributed by atoms with E-state index < -0.39 is 23.5 Å². The molecule has 1 heterocycles. The van der Waals surface area contributed by atoms with Crippen molar-refractivity contribution in [1.29, 1.82) is 0 Å². The molecule has 0 spiro atoms. The highest BCUT2D eigenvalue weighted by Crippen LogP contribution is 2.31. The van der Waals surface area contributed by atoms with Gasteiger partial charge in [0, 0.05) is 11.5 Å². The number of methoxy groups -OCH3 is 1. The van der Waals surface area contributed by atoms with Crippen LogP contribution in [0.25, 0.3) is 11.0 Å². The minimum absolute atomic E-state index is 0.141. The highest BCUT2D eigenvalue weighted by molar-refractivity contribution is 6.32. The molecule has 2 rings (SSSR count). The highest BCUT2D eigenvalue weighted by Gasteiger charge is 2.22. The van der Waals surface area contributed by atoms with Crippen LogP contribution in [0.4, 0.5) is 0 Å². The summed E-state index contributed by atoms with van der Waals surface area (Å²) in [4.78, 5) is 35.9. The van der Waals surface area contributed by atoms with Crippen molar-refractivity contribution in [3.05, 3.63) is 38.7 Å². The molecule has 2 aromatic rings. The SMILES string of the molecule is CC[C@@H](C)[C@H](NC(=O)Cc1c(C)c2cc(Cl)c(OC)cc2oc1=O)C(=O)[O-]. The summed E-state index contributed by atoms with van der Waals surface area (Å²) in [5.41, 5.74) is 0.292. The smallest absolute Gasteiger partial charge is 0.340 e. The molecule has 0 fully saturated rings. The van der Waals surface area contributed by atoms with Gasteiger partial charge in [-0.2, -0.15) is 0 Å². The van der Waals surface area contributed by atoms with Crippen molar-refractivity contribution in [2.45, 2.75) is 39.7 Å². The topological polar surface area (TPSA) is 109 Å². The summed E-state index contributed by atoms with van der Waals surface area (Å²) in [6.07, 6.45) is 0.240. The number of hydrogen-bond acceptors (Lipinski definition) is 6. The Kier molecular flexibility index (Phi) is 6.49. The second-order valence-electron chi connectivity index (χ2n) is 6.40. The Hall–Kier alpha value is -2.54. The van der Waals surface area contributed by atoms with Crippen LogP contribution in [0.1, 0.15) is 31.4 Å². The van der Waals surface area contributed by atoms with Crippen molar-refractivity contribution in [2.24, 2.45) is 5.92 Å². The molecule has 1 aromatic carbocycles. The first-order chi connectivity index (χ1) is 12.7. The first-order valence-corrected chi connectivity index (χ1v) is 8.87. The van der Waals surface area contributed by atoms with Crippen LogP contribution in [0.2, 0.25) is 5.02 Å². The van der Waals surface area contributed by atoms with E-state index in [2.05, 4.69) is 5.32 Å². The van der Waals surface area contributed by atoms with Crippen molar-refractivity contribution in [3.8, 4) is 5.75 Å². The number of ether oxygens (including phenoxy) is 1. The monoisotopic (exact) mass is 394 g/mol. The average molecular weight is 395 g/mol. The third-order valence-electron chi connectivity index (χ3n) is 4.68. The molecule has 1 amide bonds. The number of carboxylic acids is 1. The van der Waals surface area contributed by atoms with Crippen molar-refractivity contribution in [2.75, 3.05) is 7.11 Å². The molecule has 0 saturated carbocycles. The zero-order valence-electron chi connectivity index (χ0n) is 15.6. The van der Waals surface area contributed by atoms with Crippen LogP contribution in [-0.4, -0.2) is 25.0 Å². The number of carbonyl (C=O) groups excluding carboxylic acids is 2. The van der Waals surface area contributed by atoms with Gasteiger partial charge in [0.25, 0.3) is 0 Å². The largest absolute Gasteiger partial charge is 0.548 e. The summed E-state index contributed by atoms with van der Waals surface area (Å²) < 4.78 is 10.4. The van der Waals surface area contributed by atoms with Gasteiger partial charge in [-0.25, -0.2) is 4.79 Å². The van der Waals surface area contributed by atoms with Gasteiger partial charge in [0.2, 0.25) is 5.91 Å². The summed E-state index contributed by atoms with van der Waals surface area (Å²) in [5.74, 6) is -1.90. The molecule has 0 aliphatic rings. The quantitative estimate of drug-likeness (QED) is 0.714. The van der Waals surface area contributed by atoms with E-state index in [1.54, 1.807) is 19.9 Å². The van der Waals surface area contributed by atoms with Gasteiger partial charge in [-0.1, -0.05) is 31.9 Å². The maximum Gasteiger partial charge on any atom is 0.340 e. The molecule has 27 heavy (non-hydrogen) atoms. The van der Waals surface area contributed by atoms with E-state index in [0.29, 0.717) is 28.1 Å². The molecule has 7 nitrogen and oxygen atoms in total. The zero-order valence-corrected chi connectivity index (χ0v) is 16.3. The normalized spacial score (nSPS) is 13.2. The number of nitrogens with one attached hydrogen (secondary N) is 1. The van der Waals surface area contributed by atoms with Gasteiger partial charge in [0.1, 0.15) is 11.3 Å². The fourth-order valence-electron chi connectivity index (χ4n) is 2.80. The molecular formula is C19H21ClNO6-. The van der Waals surface area contributed by atoms with Crippen LogP contribution < -0.4 is 20.8 Å². The van der Waals surface area contributed by atoms with Gasteiger partial charge in [-0.3, -0.25) is 4.79 Å². The fraction of sp³-hybridized carbons (Fsp3) is 0.421. The van der Waals surface area contributed by atoms with E-state index in [-0.39, 0.29) is 23.5 Å². The Morgan fingerprint density at radius 1 is 1.37 bits per heavy atom. The molecule has 8 heteroatoms. The molecule has 1 N–H and O–H groups in total. The van der Waals surface area contributed by atoms with Gasteiger partial charge < -0.3 is 24.4 Å². The number of carboxylic acid groups (broad SMARTS) is 1. The minimum Gasteiger partial charge on any atom is -0.548 e. The van der Waals surface area contributed by atoms with Crippen molar-refractivity contribution < 1.29 is 23.8 Å². The third-order valence-corrected chi connectivity index (χ3v) is 4.98. The predicted molar refractivity (Wildman–Crippen MR) is 98.9 cm³/mol. The summed E-state index contributed by atoms with van der Waals surface area (Å²) in [5, 5.41) is 14.6. The lowest BCUT2D eigenvalue weighted by Crippen LogP contribution is -2.51. The number of aliphatic carboxylic acids is 1. The van der Waals surface area contributed by atoms with Gasteiger partial charge in [0.15, 0.2) is 0 Å². The molecule has 1 aromatic heterocycles. The number of hydrogen-bond donors (Lipinski definition) is 1. The Morgan fingerprint density at radius 3 is 2.59 bits per heavy atom. The number of rotatable bonds is 7. The van der Waals surface area contributed by atoms with Crippen LogP contribution in [0, 0.1) is 12.8 Å². The third kappa shape index (κ3) is 4.42. The predicted octanol–water partition coefficient (Wildman–Crippen LogP) is 1.59. The Labute approximate surface area is 161 Å². The second-order valence-corrected chi connectivity index (χ2v) is 6.81. The van der Waals surface area contributed by atoms with Crippen LogP contribution in [0.5, 0.6) is 5.75 Å². The van der Waals surface area contributed by atoms with E-state index in [4.69, 9.17) is 20.8 Å². The molecule has 146 valence electrons. The maximum absolute atomic E-state index is 12.3. The average Bonchev–Trinajstić information content (AvgIpc) is 2.62. The van der Waals surface area contributed by atoms with Crippen LogP contribution in [-0.2, 0) is 16.0 Å². The molecule has 0 unspecified atom stereocenters. The summed E-state index contributed by atoms with van der Waals surface area (Å²) >= 11 is 6.13. The molecule has 0 saturated heterocycles. The lowest BCUT2D eigenvalue weighted by Gasteiger charge is -2.25. The maximum atomic E-state index is 12.3. The first-order valence-electron chi connectivity index (χ1n) is 8.49. The summed E-state index contributed by atoms with van der Waals surface area (Å²) in [6, 6.07) is 1.97. The van der Waals surface area contributed by atoms with E-state index in [9.17, 15) is 19.5 Å². The highest BCUT2D eigenvalue weighted by atomic mass is 35.5. The Morgan fingerprint density at radius 2 is 2.04 bits per heavy atom. The Balaban J connectivity index is 2.37.